The van der Waals surface area contributed by atoms with Gasteiger partial charge in [-0.1, -0.05) is 36.9 Å². The van der Waals surface area contributed by atoms with E-state index in [-0.39, 0.29) is 48.4 Å². The number of rotatable bonds is 23. The van der Waals surface area contributed by atoms with Crippen molar-refractivity contribution < 1.29 is 118 Å². The Morgan fingerprint density at radius 1 is 0.900 bits per heavy atom. The van der Waals surface area contributed by atoms with Gasteiger partial charge in [0, 0.05) is 40.0 Å². The van der Waals surface area contributed by atoms with Crippen LogP contribution in [0.15, 0.2) is 29.4 Å². The number of carbonyl (C=O) groups is 4. The van der Waals surface area contributed by atoms with Crippen LogP contribution in [0.5, 0.6) is 5.75 Å². The number of hydrogen-bond acceptors (Lipinski definition) is 20. The summed E-state index contributed by atoms with van der Waals surface area (Å²) in [6.07, 6.45) is -15.3. The number of azide groups is 1. The van der Waals surface area contributed by atoms with Crippen molar-refractivity contribution in [3.8, 4) is 5.75 Å². The van der Waals surface area contributed by atoms with Gasteiger partial charge in [-0.05, 0) is 36.2 Å². The molecule has 0 aliphatic carbocycles. The maximum Gasteiger partial charge on any atom is 1.00 e. The van der Waals surface area contributed by atoms with Crippen LogP contribution >= 0.6 is 0 Å². The third-order valence-corrected chi connectivity index (χ3v) is 10.9. The molecule has 2 aliphatic rings. The van der Waals surface area contributed by atoms with Crippen LogP contribution in [-0.4, -0.2) is 147 Å². The first-order valence-electron chi connectivity index (χ1n) is 18.3. The molecule has 25 heteroatoms. The molecule has 2 saturated heterocycles. The van der Waals surface area contributed by atoms with Crippen LogP contribution in [0.4, 0.5) is 0 Å². The molecule has 22 nitrogen and oxygen atoms in total. The van der Waals surface area contributed by atoms with Crippen molar-refractivity contribution in [3.05, 3.63) is 40.3 Å². The Hall–Kier alpha value is -2.78. The average molecular weight is 902 g/mol. The van der Waals surface area contributed by atoms with Crippen molar-refractivity contribution in [2.75, 3.05) is 41.3 Å². The summed E-state index contributed by atoms with van der Waals surface area (Å²) in [5, 5.41) is 3.79. The first kappa shape index (κ1) is 53.4. The molecule has 0 aromatic heterocycles. The summed E-state index contributed by atoms with van der Waals surface area (Å²) in [5.74, 6) is -2.64. The number of benzene rings is 1. The zero-order valence-electron chi connectivity index (χ0n) is 35.0. The summed E-state index contributed by atoms with van der Waals surface area (Å²) in [6, 6.07) is 5.56. The van der Waals surface area contributed by atoms with Crippen molar-refractivity contribution >= 4 is 42.2 Å². The van der Waals surface area contributed by atoms with Gasteiger partial charge in [0.1, 0.15) is 54.9 Å². The van der Waals surface area contributed by atoms with Gasteiger partial charge in [-0.2, -0.15) is 0 Å². The van der Waals surface area contributed by atoms with Gasteiger partial charge in [-0.25, -0.2) is 13.2 Å². The molecule has 0 spiro atoms. The standard InChI is InChI=1S/C35H53N3O19SSi.Na/c1-20(39)9-14-25(41)55-28-26(37-38-36)34(54-24(18-52-58(43,44)45)27(28)50-17-22-10-12-23(46-3)13-11-22)56-30-29(51-19-49-15-16-59(6,7)8)32(53-21(2)40)35(48-5)57-31(30)33(42)47-4;/h10-13,24,26-32,34-35H,9,14-19H2,1-8H3,(H,43,44,45);/q;+1/p-1/t24-,26-,27-,28-,29+,30+,31+,32-,34-,35+;/m1./s1. The van der Waals surface area contributed by atoms with E-state index in [1.807, 2.05) is 0 Å². The molecular formula is C35H52N3NaO19SSi. The molecule has 1 aromatic rings. The van der Waals surface area contributed by atoms with E-state index in [4.69, 9.17) is 52.1 Å². The van der Waals surface area contributed by atoms with Crippen LogP contribution in [0.1, 0.15) is 32.3 Å². The van der Waals surface area contributed by atoms with E-state index in [9.17, 15) is 37.7 Å². The van der Waals surface area contributed by atoms with Crippen molar-refractivity contribution in [2.45, 2.75) is 120 Å². The normalized spacial score (nSPS) is 26.8. The molecule has 0 N–H and O–H groups in total. The van der Waals surface area contributed by atoms with Crippen LogP contribution in [0.3, 0.4) is 0 Å². The molecule has 60 heavy (non-hydrogen) atoms. The number of ketones is 1. The smallest absolute Gasteiger partial charge is 0.726 e. The molecule has 2 aliphatic heterocycles. The van der Waals surface area contributed by atoms with Gasteiger partial charge in [0.2, 0.25) is 10.4 Å². The molecule has 1 aromatic carbocycles. The first-order chi connectivity index (χ1) is 27.8. The molecule has 0 bridgehead atoms. The number of ether oxygens (including phenoxy) is 11. The molecule has 2 fully saturated rings. The molecule has 2 heterocycles. The van der Waals surface area contributed by atoms with Crippen LogP contribution in [0.25, 0.3) is 10.4 Å². The first-order valence-corrected chi connectivity index (χ1v) is 23.4. The third kappa shape index (κ3) is 17.2. The Labute approximate surface area is 371 Å². The molecule has 332 valence electrons. The van der Waals surface area contributed by atoms with Crippen molar-refractivity contribution in [1.82, 2.24) is 0 Å². The van der Waals surface area contributed by atoms with Gasteiger partial charge in [-0.3, -0.25) is 13.8 Å². The van der Waals surface area contributed by atoms with E-state index < -0.39 is 118 Å². The fourth-order valence-electron chi connectivity index (χ4n) is 5.89. The summed E-state index contributed by atoms with van der Waals surface area (Å²) < 4.78 is 103. The second-order valence-corrected chi connectivity index (χ2v) is 21.2. The van der Waals surface area contributed by atoms with E-state index in [2.05, 4.69) is 33.9 Å². The van der Waals surface area contributed by atoms with Gasteiger partial charge >= 0.3 is 47.5 Å². The van der Waals surface area contributed by atoms with Crippen LogP contribution < -0.4 is 34.3 Å². The number of hydrogen-bond donors (Lipinski definition) is 0. The van der Waals surface area contributed by atoms with Crippen LogP contribution in [0, 0.1) is 0 Å². The van der Waals surface area contributed by atoms with Gasteiger partial charge in [0.25, 0.3) is 0 Å². The second kappa shape index (κ2) is 25.4. The average Bonchev–Trinajstić information content (AvgIpc) is 3.16. The molecule has 0 unspecified atom stereocenters. The monoisotopic (exact) mass is 901 g/mol. The number of methoxy groups -OCH3 is 3. The fourth-order valence-corrected chi connectivity index (χ4v) is 6.95. The Bertz CT molecular complexity index is 1710. The van der Waals surface area contributed by atoms with E-state index in [0.29, 0.717) is 17.9 Å². The van der Waals surface area contributed by atoms with Gasteiger partial charge in [-0.15, -0.1) is 0 Å². The minimum Gasteiger partial charge on any atom is -0.726 e. The Morgan fingerprint density at radius 2 is 1.58 bits per heavy atom. The van der Waals surface area contributed by atoms with Crippen LogP contribution in [0.2, 0.25) is 25.7 Å². The Kier molecular flexibility index (Phi) is 22.5. The summed E-state index contributed by atoms with van der Waals surface area (Å²) in [4.78, 5) is 53.6. The number of carbonyl (C=O) groups excluding carboxylic acids is 4. The molecule has 0 radical (unpaired) electrons. The summed E-state index contributed by atoms with van der Waals surface area (Å²) in [5.41, 5.74) is 10.3. The largest absolute Gasteiger partial charge is 1.00 e. The Morgan fingerprint density at radius 3 is 2.13 bits per heavy atom. The van der Waals surface area contributed by atoms with Crippen molar-refractivity contribution in [1.29, 1.82) is 0 Å². The zero-order valence-corrected chi connectivity index (χ0v) is 38.9. The quantitative estimate of drug-likeness (QED) is 0.0125. The SMILES string of the molecule is COC(=O)[C@H]1O[C@H](OC)[C@H](OC(C)=O)[C@@H](OCOCC[Si](C)(C)C)[C@@H]1O[C@H]1O[C@H](COS(=O)(=O)[O-])[C@@H](OCc2ccc(OC)cc2)[C@H](OC(=O)CCC(C)=O)[C@H]1N=[N+]=[N-].[Na+]. The van der Waals surface area contributed by atoms with E-state index in [1.165, 1.54) is 21.1 Å². The van der Waals surface area contributed by atoms with Crippen LogP contribution in [-0.2, 0) is 87.7 Å². The number of Topliss-reactive ketones (excluding diaryl/α,β-unsaturated/α-hetero) is 1. The maximum absolute atomic E-state index is 13.3. The Balaban J connectivity index is 0.0000124. The minimum absolute atomic E-state index is 0. The molecule has 0 saturated carbocycles. The van der Waals surface area contributed by atoms with E-state index in [1.54, 1.807) is 24.3 Å². The van der Waals surface area contributed by atoms with E-state index >= 15 is 0 Å². The number of esters is 3. The minimum atomic E-state index is -5.38. The summed E-state index contributed by atoms with van der Waals surface area (Å²) >= 11 is 0. The number of nitrogens with zero attached hydrogens (tertiary/aromatic N) is 3. The van der Waals surface area contributed by atoms with Gasteiger partial charge in [0.05, 0.1) is 33.9 Å². The zero-order chi connectivity index (χ0) is 43.9. The fraction of sp³-hybridized carbons (Fsp3) is 0.714. The molecule has 3 rings (SSSR count). The van der Waals surface area contributed by atoms with Gasteiger partial charge in [0.15, 0.2) is 24.8 Å². The summed E-state index contributed by atoms with van der Waals surface area (Å²) in [6.45, 7) is 7.35. The van der Waals surface area contributed by atoms with Crippen molar-refractivity contribution in [3.63, 3.8) is 0 Å². The predicted molar refractivity (Wildman–Crippen MR) is 201 cm³/mol. The summed E-state index contributed by atoms with van der Waals surface area (Å²) in [7, 11) is -3.19. The van der Waals surface area contributed by atoms with Gasteiger partial charge < -0.3 is 61.5 Å². The molecular weight excluding hydrogens is 850 g/mol. The molecule has 0 amide bonds. The van der Waals surface area contributed by atoms with E-state index in [0.717, 1.165) is 20.1 Å². The third-order valence-electron chi connectivity index (χ3n) is 8.82. The second-order valence-electron chi connectivity index (χ2n) is 14.5. The van der Waals surface area contributed by atoms with Crippen molar-refractivity contribution in [2.24, 2.45) is 5.11 Å². The maximum atomic E-state index is 13.3. The molecule has 10 atom stereocenters. The predicted octanol–water partition coefficient (Wildman–Crippen LogP) is -0.695. The topological polar surface area (TPSA) is 285 Å².